The summed E-state index contributed by atoms with van der Waals surface area (Å²) in [7, 11) is -3.45. The molecule has 156 valence electrons. The van der Waals surface area contributed by atoms with Gasteiger partial charge in [0.25, 0.3) is 0 Å². The number of benzene rings is 2. The lowest BCUT2D eigenvalue weighted by Gasteiger charge is -2.34. The third-order valence-corrected chi connectivity index (χ3v) is 7.77. The first-order valence-electron chi connectivity index (χ1n) is 10.0. The maximum absolute atomic E-state index is 12.9. The maximum atomic E-state index is 12.9. The molecule has 0 bridgehead atoms. The van der Waals surface area contributed by atoms with Crippen molar-refractivity contribution in [3.63, 3.8) is 0 Å². The molecule has 2 aromatic carbocycles. The summed E-state index contributed by atoms with van der Waals surface area (Å²) in [6, 6.07) is 9.10. The normalized spacial score (nSPS) is 16.2. The molecule has 1 fully saturated rings. The topological polar surface area (TPSA) is 57.7 Å². The van der Waals surface area contributed by atoms with Gasteiger partial charge >= 0.3 is 0 Å². The van der Waals surface area contributed by atoms with Crippen molar-refractivity contribution in [2.45, 2.75) is 46.1 Å². The molecule has 0 unspecified atom stereocenters. The highest BCUT2D eigenvalue weighted by atomic mass is 32.2. The molecule has 0 N–H and O–H groups in total. The average molecular weight is 415 g/mol. The molecule has 0 aliphatic carbocycles. The Labute approximate surface area is 174 Å². The highest BCUT2D eigenvalue weighted by Gasteiger charge is 2.29. The van der Waals surface area contributed by atoms with Crippen molar-refractivity contribution in [3.05, 3.63) is 63.7 Å². The smallest absolute Gasteiger partial charge is 0.243 e. The monoisotopic (exact) mass is 414 g/mol. The lowest BCUT2D eigenvalue weighted by Crippen LogP contribution is -2.48. The molecule has 2 aromatic rings. The molecule has 1 aliphatic rings. The summed E-state index contributed by atoms with van der Waals surface area (Å²) >= 11 is 0. The van der Waals surface area contributed by atoms with Crippen LogP contribution in [0, 0.1) is 27.7 Å². The van der Waals surface area contributed by atoms with E-state index in [0.29, 0.717) is 31.1 Å². The van der Waals surface area contributed by atoms with Crippen LogP contribution in [0.1, 0.15) is 45.1 Å². The van der Waals surface area contributed by atoms with Crippen molar-refractivity contribution in [2.24, 2.45) is 0 Å². The zero-order valence-corrected chi connectivity index (χ0v) is 18.8. The number of piperazine rings is 1. The number of ketones is 1. The summed E-state index contributed by atoms with van der Waals surface area (Å²) in [5, 5.41) is 0. The Morgan fingerprint density at radius 3 is 2.07 bits per heavy atom. The van der Waals surface area contributed by atoms with Crippen LogP contribution >= 0.6 is 0 Å². The van der Waals surface area contributed by atoms with E-state index in [9.17, 15) is 13.2 Å². The summed E-state index contributed by atoms with van der Waals surface area (Å²) in [5.41, 5.74) is 6.28. The van der Waals surface area contributed by atoms with Gasteiger partial charge in [-0.15, -0.1) is 0 Å². The molecule has 29 heavy (non-hydrogen) atoms. The third-order valence-electron chi connectivity index (χ3n) is 5.85. The Bertz CT molecular complexity index is 1020. The van der Waals surface area contributed by atoms with Crippen LogP contribution in [-0.4, -0.2) is 49.6 Å². The van der Waals surface area contributed by atoms with Crippen LogP contribution in [0.15, 0.2) is 35.2 Å². The van der Waals surface area contributed by atoms with Crippen molar-refractivity contribution >= 4 is 15.8 Å². The van der Waals surface area contributed by atoms with Crippen molar-refractivity contribution in [1.29, 1.82) is 0 Å². The van der Waals surface area contributed by atoms with Gasteiger partial charge < -0.3 is 0 Å². The minimum Gasteiger partial charge on any atom is -0.296 e. The SMILES string of the molecule is CC(=O)c1c(C)cc(C)c(CN2CCN(S(=O)(=O)c3ccc(C)cc3)CC2)c1C. The van der Waals surface area contributed by atoms with Crippen molar-refractivity contribution < 1.29 is 13.2 Å². The summed E-state index contributed by atoms with van der Waals surface area (Å²) in [4.78, 5) is 14.7. The van der Waals surface area contributed by atoms with Gasteiger partial charge in [-0.3, -0.25) is 9.69 Å². The van der Waals surface area contributed by atoms with Crippen LogP contribution < -0.4 is 0 Å². The van der Waals surface area contributed by atoms with Crippen LogP contribution in [0.4, 0.5) is 0 Å². The Morgan fingerprint density at radius 1 is 0.931 bits per heavy atom. The summed E-state index contributed by atoms with van der Waals surface area (Å²) in [5.74, 6) is 0.0928. The van der Waals surface area contributed by atoms with Gasteiger partial charge in [-0.2, -0.15) is 4.31 Å². The quantitative estimate of drug-likeness (QED) is 0.701. The first-order valence-corrected chi connectivity index (χ1v) is 11.4. The maximum Gasteiger partial charge on any atom is 0.243 e. The highest BCUT2D eigenvalue weighted by Crippen LogP contribution is 2.25. The minimum atomic E-state index is -3.45. The van der Waals surface area contributed by atoms with Gasteiger partial charge in [0.1, 0.15) is 0 Å². The Hall–Kier alpha value is -2.02. The van der Waals surface area contributed by atoms with Gasteiger partial charge in [0.2, 0.25) is 10.0 Å². The number of hydrogen-bond donors (Lipinski definition) is 0. The van der Waals surface area contributed by atoms with Crippen molar-refractivity contribution in [1.82, 2.24) is 9.21 Å². The number of rotatable bonds is 5. The number of sulfonamides is 1. The van der Waals surface area contributed by atoms with Gasteiger partial charge in [0.15, 0.2) is 5.78 Å². The van der Waals surface area contributed by atoms with Crippen LogP contribution in [0.3, 0.4) is 0 Å². The van der Waals surface area contributed by atoms with E-state index in [1.807, 2.05) is 32.9 Å². The molecule has 0 aromatic heterocycles. The van der Waals surface area contributed by atoms with E-state index in [1.54, 1.807) is 23.4 Å². The second kappa shape index (κ2) is 8.38. The number of nitrogens with zero attached hydrogens (tertiary/aromatic N) is 2. The molecule has 1 saturated heterocycles. The van der Waals surface area contributed by atoms with Crippen LogP contribution in [-0.2, 0) is 16.6 Å². The predicted octanol–water partition coefficient (Wildman–Crippen LogP) is 3.63. The van der Waals surface area contributed by atoms with E-state index >= 15 is 0 Å². The van der Waals surface area contributed by atoms with Gasteiger partial charge in [0.05, 0.1) is 4.90 Å². The molecule has 0 spiro atoms. The number of hydrogen-bond acceptors (Lipinski definition) is 4. The lowest BCUT2D eigenvalue weighted by atomic mass is 9.91. The van der Waals surface area contributed by atoms with Crippen molar-refractivity contribution in [2.75, 3.05) is 26.2 Å². The molecule has 5 nitrogen and oxygen atoms in total. The van der Waals surface area contributed by atoms with Crippen molar-refractivity contribution in [3.8, 4) is 0 Å². The lowest BCUT2D eigenvalue weighted by molar-refractivity contribution is 0.101. The Balaban J connectivity index is 1.73. The van der Waals surface area contributed by atoms with Crippen LogP contribution in [0.5, 0.6) is 0 Å². The molecule has 1 aliphatic heterocycles. The molecule has 6 heteroatoms. The second-order valence-electron chi connectivity index (χ2n) is 8.04. The van der Waals surface area contributed by atoms with E-state index < -0.39 is 10.0 Å². The van der Waals surface area contributed by atoms with E-state index in [1.165, 1.54) is 11.1 Å². The first kappa shape index (κ1) is 21.7. The molecule has 1 heterocycles. The van der Waals surface area contributed by atoms with Gasteiger partial charge in [-0.1, -0.05) is 23.8 Å². The zero-order valence-electron chi connectivity index (χ0n) is 17.9. The fourth-order valence-corrected chi connectivity index (χ4v) is 5.64. The highest BCUT2D eigenvalue weighted by molar-refractivity contribution is 7.89. The number of Topliss-reactive ketones (excluding diaryl/α,β-unsaturated/α-hetero) is 1. The Morgan fingerprint density at radius 2 is 1.52 bits per heavy atom. The molecule has 0 radical (unpaired) electrons. The Kier molecular flexibility index (Phi) is 6.27. The van der Waals surface area contributed by atoms with Gasteiger partial charge in [0, 0.05) is 38.3 Å². The fourth-order valence-electron chi connectivity index (χ4n) is 4.22. The van der Waals surface area contributed by atoms with E-state index in [2.05, 4.69) is 17.9 Å². The molecule has 3 rings (SSSR count). The van der Waals surface area contributed by atoms with Gasteiger partial charge in [-0.05, 0) is 69.0 Å². The summed E-state index contributed by atoms with van der Waals surface area (Å²) < 4.78 is 27.4. The van der Waals surface area contributed by atoms with E-state index in [0.717, 1.165) is 28.8 Å². The molecular weight excluding hydrogens is 384 g/mol. The second-order valence-corrected chi connectivity index (χ2v) is 9.98. The summed E-state index contributed by atoms with van der Waals surface area (Å²) in [6.45, 7) is 12.7. The standard InChI is InChI=1S/C23H30N2O3S/c1-16-6-8-21(9-7-16)29(27,28)25-12-10-24(11-13-25)15-22-17(2)14-18(3)23(19(22)4)20(5)26/h6-9,14H,10-13,15H2,1-5H3. The zero-order chi connectivity index (χ0) is 21.3. The third kappa shape index (κ3) is 4.44. The average Bonchev–Trinajstić information content (AvgIpc) is 2.65. The summed E-state index contributed by atoms with van der Waals surface area (Å²) in [6.07, 6.45) is 0. The van der Waals surface area contributed by atoms with Crippen LogP contribution in [0.25, 0.3) is 0 Å². The minimum absolute atomic E-state index is 0.0928. The number of aryl methyl sites for hydroxylation is 3. The van der Waals surface area contributed by atoms with E-state index in [4.69, 9.17) is 0 Å². The number of carbonyl (C=O) groups excluding carboxylic acids is 1. The largest absolute Gasteiger partial charge is 0.296 e. The number of carbonyl (C=O) groups is 1. The fraction of sp³-hybridized carbons (Fsp3) is 0.435. The van der Waals surface area contributed by atoms with E-state index in [-0.39, 0.29) is 5.78 Å². The molecular formula is C23H30N2O3S. The molecule has 0 atom stereocenters. The van der Waals surface area contributed by atoms with Gasteiger partial charge in [-0.25, -0.2) is 8.42 Å². The molecule has 0 saturated carbocycles. The van der Waals surface area contributed by atoms with Crippen LogP contribution in [0.2, 0.25) is 0 Å². The predicted molar refractivity (Wildman–Crippen MR) is 116 cm³/mol. The first-order chi connectivity index (χ1) is 13.6. The molecule has 0 amide bonds.